The molecule has 0 fully saturated rings. The Morgan fingerprint density at radius 2 is 1.95 bits per heavy atom. The maximum Gasteiger partial charge on any atom is 0.261 e. The fourth-order valence-electron chi connectivity index (χ4n) is 2.12. The molecule has 2 aromatic rings. The summed E-state index contributed by atoms with van der Waals surface area (Å²) in [5.74, 6) is 1.28. The Balaban J connectivity index is 2.36. The SMILES string of the molecule is COc1ccc(-c2nc(C(OC)C(C)(C)C)no2)c(O)c1. The first-order valence-corrected chi connectivity index (χ1v) is 6.60. The van der Waals surface area contributed by atoms with Gasteiger partial charge in [-0.3, -0.25) is 0 Å². The van der Waals surface area contributed by atoms with Crippen molar-refractivity contribution in [1.82, 2.24) is 10.1 Å². The van der Waals surface area contributed by atoms with Crippen LogP contribution in [0.15, 0.2) is 22.7 Å². The highest BCUT2D eigenvalue weighted by Gasteiger charge is 2.31. The molecule has 6 nitrogen and oxygen atoms in total. The molecule has 0 aliphatic heterocycles. The van der Waals surface area contributed by atoms with Crippen LogP contribution in [0.2, 0.25) is 0 Å². The number of hydrogen-bond acceptors (Lipinski definition) is 6. The van der Waals surface area contributed by atoms with Crippen molar-refractivity contribution in [3.8, 4) is 23.0 Å². The van der Waals surface area contributed by atoms with Crippen LogP contribution >= 0.6 is 0 Å². The van der Waals surface area contributed by atoms with Crippen LogP contribution < -0.4 is 4.74 Å². The number of benzene rings is 1. The molecule has 0 amide bonds. The van der Waals surface area contributed by atoms with E-state index >= 15 is 0 Å². The minimum atomic E-state index is -0.296. The zero-order valence-corrected chi connectivity index (χ0v) is 12.9. The van der Waals surface area contributed by atoms with E-state index in [1.165, 1.54) is 13.2 Å². The van der Waals surface area contributed by atoms with Crippen molar-refractivity contribution in [1.29, 1.82) is 0 Å². The summed E-state index contributed by atoms with van der Waals surface area (Å²) < 4.78 is 15.7. The van der Waals surface area contributed by atoms with Crippen molar-refractivity contribution >= 4 is 0 Å². The van der Waals surface area contributed by atoms with Gasteiger partial charge in [-0.25, -0.2) is 0 Å². The summed E-state index contributed by atoms with van der Waals surface area (Å²) in [7, 11) is 3.14. The summed E-state index contributed by atoms with van der Waals surface area (Å²) in [6.45, 7) is 6.09. The number of nitrogens with zero attached hydrogens (tertiary/aromatic N) is 2. The van der Waals surface area contributed by atoms with Crippen molar-refractivity contribution in [2.45, 2.75) is 26.9 Å². The van der Waals surface area contributed by atoms with E-state index in [0.29, 0.717) is 17.1 Å². The van der Waals surface area contributed by atoms with E-state index in [4.69, 9.17) is 14.0 Å². The van der Waals surface area contributed by atoms with Gasteiger partial charge >= 0.3 is 0 Å². The van der Waals surface area contributed by atoms with Crippen LogP contribution in [0.3, 0.4) is 0 Å². The molecule has 21 heavy (non-hydrogen) atoms. The van der Waals surface area contributed by atoms with E-state index < -0.39 is 0 Å². The molecule has 114 valence electrons. The largest absolute Gasteiger partial charge is 0.507 e. The molecule has 1 heterocycles. The van der Waals surface area contributed by atoms with E-state index in [-0.39, 0.29) is 23.2 Å². The van der Waals surface area contributed by atoms with Crippen molar-refractivity contribution in [2.75, 3.05) is 14.2 Å². The second-order valence-electron chi connectivity index (χ2n) is 5.82. The lowest BCUT2D eigenvalue weighted by molar-refractivity contribution is 0.00718. The summed E-state index contributed by atoms with van der Waals surface area (Å²) >= 11 is 0. The third-order valence-electron chi connectivity index (χ3n) is 3.13. The lowest BCUT2D eigenvalue weighted by atomic mass is 9.88. The maximum absolute atomic E-state index is 10.0. The minimum Gasteiger partial charge on any atom is -0.507 e. The van der Waals surface area contributed by atoms with Gasteiger partial charge in [0.15, 0.2) is 0 Å². The molecule has 0 spiro atoms. The molecule has 2 rings (SSSR count). The fourth-order valence-corrected chi connectivity index (χ4v) is 2.12. The predicted molar refractivity (Wildman–Crippen MR) is 77.2 cm³/mol. The highest BCUT2D eigenvalue weighted by molar-refractivity contribution is 5.63. The molecule has 1 unspecified atom stereocenters. The number of phenolic OH excluding ortho intramolecular Hbond substituents is 1. The van der Waals surface area contributed by atoms with Gasteiger partial charge in [0, 0.05) is 13.2 Å². The summed E-state index contributed by atoms with van der Waals surface area (Å²) in [6.07, 6.45) is -0.296. The highest BCUT2D eigenvalue weighted by atomic mass is 16.5. The number of hydrogen-bond donors (Lipinski definition) is 1. The Hall–Kier alpha value is -2.08. The van der Waals surface area contributed by atoms with Crippen LogP contribution in [-0.2, 0) is 4.74 Å². The molecule has 1 aromatic heterocycles. The first kappa shape index (κ1) is 15.3. The first-order valence-electron chi connectivity index (χ1n) is 6.60. The van der Waals surface area contributed by atoms with Gasteiger partial charge in [0.2, 0.25) is 5.82 Å². The molecule has 0 aliphatic rings. The molecule has 1 N–H and O–H groups in total. The van der Waals surface area contributed by atoms with Gasteiger partial charge in [-0.05, 0) is 17.5 Å². The van der Waals surface area contributed by atoms with Gasteiger partial charge in [-0.15, -0.1) is 0 Å². The Labute approximate surface area is 123 Å². The minimum absolute atomic E-state index is 0.0225. The lowest BCUT2D eigenvalue weighted by Gasteiger charge is -2.26. The zero-order chi connectivity index (χ0) is 15.6. The summed E-state index contributed by atoms with van der Waals surface area (Å²) in [5, 5.41) is 14.0. The molecule has 0 aliphatic carbocycles. The van der Waals surface area contributed by atoms with Crippen LogP contribution in [0.5, 0.6) is 11.5 Å². The number of aromatic nitrogens is 2. The topological polar surface area (TPSA) is 77.6 Å². The van der Waals surface area contributed by atoms with E-state index in [1.807, 2.05) is 20.8 Å². The number of phenols is 1. The van der Waals surface area contributed by atoms with Gasteiger partial charge in [-0.2, -0.15) is 4.98 Å². The molecule has 0 radical (unpaired) electrons. The molecule has 6 heteroatoms. The van der Waals surface area contributed by atoms with E-state index in [0.717, 1.165) is 0 Å². The smallest absolute Gasteiger partial charge is 0.261 e. The second kappa shape index (κ2) is 5.73. The summed E-state index contributed by atoms with van der Waals surface area (Å²) in [6, 6.07) is 4.89. The van der Waals surface area contributed by atoms with Crippen LogP contribution in [-0.4, -0.2) is 29.5 Å². The quantitative estimate of drug-likeness (QED) is 0.932. The molecule has 0 bridgehead atoms. The van der Waals surface area contributed by atoms with Crippen LogP contribution in [0.4, 0.5) is 0 Å². The second-order valence-corrected chi connectivity index (χ2v) is 5.82. The third kappa shape index (κ3) is 3.16. The van der Waals surface area contributed by atoms with E-state index in [1.54, 1.807) is 19.2 Å². The van der Waals surface area contributed by atoms with Crippen molar-refractivity contribution in [3.63, 3.8) is 0 Å². The maximum atomic E-state index is 10.0. The Kier molecular flexibility index (Phi) is 4.18. The molecule has 0 saturated heterocycles. The zero-order valence-electron chi connectivity index (χ0n) is 12.9. The fraction of sp³-hybridized carbons (Fsp3) is 0.467. The van der Waals surface area contributed by atoms with E-state index in [9.17, 15) is 5.11 Å². The normalized spacial score (nSPS) is 13.2. The summed E-state index contributed by atoms with van der Waals surface area (Å²) in [5.41, 5.74) is 0.288. The summed E-state index contributed by atoms with van der Waals surface area (Å²) in [4.78, 5) is 4.33. The molecular weight excluding hydrogens is 272 g/mol. The van der Waals surface area contributed by atoms with Crippen LogP contribution in [0.25, 0.3) is 11.5 Å². The van der Waals surface area contributed by atoms with Gasteiger partial charge in [-0.1, -0.05) is 25.9 Å². The predicted octanol–water partition coefficient (Wildman–Crippen LogP) is 3.18. The standard InChI is InChI=1S/C15H20N2O4/c1-15(2,3)12(20-5)13-16-14(21-17-13)10-7-6-9(19-4)8-11(10)18/h6-8,12,18H,1-5H3. The molecular formula is C15H20N2O4. The average Bonchev–Trinajstić information content (AvgIpc) is 2.86. The van der Waals surface area contributed by atoms with Gasteiger partial charge < -0.3 is 19.1 Å². The Bertz CT molecular complexity index is 616. The van der Waals surface area contributed by atoms with Gasteiger partial charge in [0.1, 0.15) is 17.6 Å². The van der Waals surface area contributed by atoms with E-state index in [2.05, 4.69) is 10.1 Å². The lowest BCUT2D eigenvalue weighted by Crippen LogP contribution is -2.21. The monoisotopic (exact) mass is 292 g/mol. The number of ether oxygens (including phenoxy) is 2. The van der Waals surface area contributed by atoms with Gasteiger partial charge in [0.05, 0.1) is 12.7 Å². The molecule has 0 saturated carbocycles. The molecule has 1 aromatic carbocycles. The van der Waals surface area contributed by atoms with Crippen molar-refractivity contribution in [2.24, 2.45) is 5.41 Å². The first-order chi connectivity index (χ1) is 9.86. The van der Waals surface area contributed by atoms with Gasteiger partial charge in [0.25, 0.3) is 5.89 Å². The third-order valence-corrected chi connectivity index (χ3v) is 3.13. The van der Waals surface area contributed by atoms with Crippen molar-refractivity contribution < 1.29 is 19.1 Å². The highest BCUT2D eigenvalue weighted by Crippen LogP contribution is 2.36. The number of aromatic hydroxyl groups is 1. The molecule has 1 atom stereocenters. The average molecular weight is 292 g/mol. The van der Waals surface area contributed by atoms with Crippen LogP contribution in [0, 0.1) is 5.41 Å². The number of methoxy groups -OCH3 is 2. The number of rotatable bonds is 4. The Morgan fingerprint density at radius 1 is 1.24 bits per heavy atom. The van der Waals surface area contributed by atoms with Crippen molar-refractivity contribution in [3.05, 3.63) is 24.0 Å². The Morgan fingerprint density at radius 3 is 2.48 bits per heavy atom. The van der Waals surface area contributed by atoms with Crippen LogP contribution in [0.1, 0.15) is 32.7 Å².